The monoisotopic (exact) mass is 395 g/mol. The van der Waals surface area contributed by atoms with Crippen LogP contribution in [0, 0.1) is 5.92 Å². The number of ether oxygens (including phenoxy) is 1. The molecule has 0 spiro atoms. The molecule has 0 radical (unpaired) electrons. The van der Waals surface area contributed by atoms with Gasteiger partial charge < -0.3 is 20.7 Å². The maximum absolute atomic E-state index is 12.9. The SMILES string of the molecule is CC1(N)CCCCC1C(=O)NC1CCCN(c2ccc(OC(F)F)cc2)C1=O. The van der Waals surface area contributed by atoms with Crippen LogP contribution in [0.2, 0.25) is 0 Å². The summed E-state index contributed by atoms with van der Waals surface area (Å²) in [5, 5.41) is 2.90. The Balaban J connectivity index is 1.66. The van der Waals surface area contributed by atoms with Crippen LogP contribution in [-0.2, 0) is 9.59 Å². The number of anilines is 1. The van der Waals surface area contributed by atoms with Crippen molar-refractivity contribution in [3.63, 3.8) is 0 Å². The van der Waals surface area contributed by atoms with Crippen molar-refractivity contribution in [2.75, 3.05) is 11.4 Å². The molecule has 6 nitrogen and oxygen atoms in total. The van der Waals surface area contributed by atoms with Crippen molar-refractivity contribution in [2.24, 2.45) is 11.7 Å². The van der Waals surface area contributed by atoms with E-state index in [1.165, 1.54) is 12.1 Å². The van der Waals surface area contributed by atoms with Crippen LogP contribution in [0.1, 0.15) is 45.4 Å². The first-order valence-corrected chi connectivity index (χ1v) is 9.73. The van der Waals surface area contributed by atoms with Crippen LogP contribution < -0.4 is 20.7 Å². The van der Waals surface area contributed by atoms with E-state index in [2.05, 4.69) is 10.1 Å². The van der Waals surface area contributed by atoms with E-state index < -0.39 is 18.2 Å². The molecule has 0 aromatic heterocycles. The molecule has 2 fully saturated rings. The molecule has 1 saturated heterocycles. The maximum Gasteiger partial charge on any atom is 0.387 e. The van der Waals surface area contributed by atoms with E-state index in [1.54, 1.807) is 17.0 Å². The lowest BCUT2D eigenvalue weighted by molar-refractivity contribution is -0.133. The quantitative estimate of drug-likeness (QED) is 0.803. The van der Waals surface area contributed by atoms with Gasteiger partial charge in [-0.3, -0.25) is 9.59 Å². The Hall–Kier alpha value is -2.22. The van der Waals surface area contributed by atoms with E-state index in [1.807, 2.05) is 6.92 Å². The molecule has 1 aromatic carbocycles. The number of carbonyl (C=O) groups is 2. The zero-order chi connectivity index (χ0) is 20.3. The molecule has 3 rings (SSSR count). The number of carbonyl (C=O) groups excluding carboxylic acids is 2. The first-order chi connectivity index (χ1) is 13.3. The summed E-state index contributed by atoms with van der Waals surface area (Å²) in [4.78, 5) is 27.2. The fourth-order valence-electron chi connectivity index (χ4n) is 4.13. The Morgan fingerprint density at radius 3 is 2.61 bits per heavy atom. The number of alkyl halides is 2. The Kier molecular flexibility index (Phi) is 6.17. The second-order valence-electron chi connectivity index (χ2n) is 7.87. The van der Waals surface area contributed by atoms with E-state index in [4.69, 9.17) is 5.73 Å². The second-order valence-corrected chi connectivity index (χ2v) is 7.87. The zero-order valence-corrected chi connectivity index (χ0v) is 16.0. The molecule has 3 N–H and O–H groups in total. The Morgan fingerprint density at radius 2 is 1.96 bits per heavy atom. The summed E-state index contributed by atoms with van der Waals surface area (Å²) in [5.41, 5.74) is 6.34. The highest BCUT2D eigenvalue weighted by Crippen LogP contribution is 2.32. The normalized spacial score (nSPS) is 28.3. The largest absolute Gasteiger partial charge is 0.435 e. The smallest absolute Gasteiger partial charge is 0.387 e. The molecule has 2 aliphatic rings. The highest BCUT2D eigenvalue weighted by Gasteiger charge is 2.40. The van der Waals surface area contributed by atoms with Crippen molar-refractivity contribution < 1.29 is 23.1 Å². The highest BCUT2D eigenvalue weighted by molar-refractivity contribution is 6.00. The van der Waals surface area contributed by atoms with Crippen molar-refractivity contribution in [1.29, 1.82) is 0 Å². The van der Waals surface area contributed by atoms with Gasteiger partial charge >= 0.3 is 6.61 Å². The van der Waals surface area contributed by atoms with Crippen LogP contribution in [0.25, 0.3) is 0 Å². The summed E-state index contributed by atoms with van der Waals surface area (Å²) in [6, 6.07) is 5.34. The Morgan fingerprint density at radius 1 is 1.25 bits per heavy atom. The fraction of sp³-hybridized carbons (Fsp3) is 0.600. The summed E-state index contributed by atoms with van der Waals surface area (Å²) in [7, 11) is 0. The van der Waals surface area contributed by atoms with Gasteiger partial charge in [-0.15, -0.1) is 0 Å². The molecule has 2 amide bonds. The van der Waals surface area contributed by atoms with Crippen LogP contribution >= 0.6 is 0 Å². The maximum atomic E-state index is 12.9. The third-order valence-electron chi connectivity index (χ3n) is 5.70. The molecular weight excluding hydrogens is 368 g/mol. The summed E-state index contributed by atoms with van der Waals surface area (Å²) in [6.07, 6.45) is 4.80. The number of hydrogen-bond donors (Lipinski definition) is 2. The van der Waals surface area contributed by atoms with Crippen molar-refractivity contribution in [3.8, 4) is 5.75 Å². The summed E-state index contributed by atoms with van der Waals surface area (Å²) >= 11 is 0. The first-order valence-electron chi connectivity index (χ1n) is 9.73. The Bertz CT molecular complexity index is 709. The van der Waals surface area contributed by atoms with E-state index in [0.717, 1.165) is 32.1 Å². The standard InChI is InChI=1S/C20H27F2N3O3/c1-20(23)11-3-2-5-15(20)17(26)24-16-6-4-12-25(18(16)27)13-7-9-14(10-8-13)28-19(21)22/h7-10,15-16,19H,2-6,11-12,23H2,1H3,(H,24,26). The number of piperidine rings is 1. The summed E-state index contributed by atoms with van der Waals surface area (Å²) < 4.78 is 28.9. The fourth-order valence-corrected chi connectivity index (χ4v) is 4.13. The summed E-state index contributed by atoms with van der Waals surface area (Å²) in [5.74, 6) is -0.620. The second kappa shape index (κ2) is 8.43. The minimum Gasteiger partial charge on any atom is -0.435 e. The number of nitrogens with zero attached hydrogens (tertiary/aromatic N) is 1. The van der Waals surface area contributed by atoms with Crippen molar-refractivity contribution in [1.82, 2.24) is 5.32 Å². The molecule has 1 heterocycles. The number of nitrogens with one attached hydrogen (secondary N) is 1. The average molecular weight is 395 g/mol. The van der Waals surface area contributed by atoms with Crippen LogP contribution in [0.3, 0.4) is 0 Å². The zero-order valence-electron chi connectivity index (χ0n) is 16.0. The predicted octanol–water partition coefficient (Wildman–Crippen LogP) is 2.81. The number of benzene rings is 1. The summed E-state index contributed by atoms with van der Waals surface area (Å²) in [6.45, 7) is -0.484. The lowest BCUT2D eigenvalue weighted by Gasteiger charge is -2.39. The molecule has 1 aliphatic carbocycles. The van der Waals surface area contributed by atoms with Gasteiger partial charge in [0, 0.05) is 17.8 Å². The van der Waals surface area contributed by atoms with Gasteiger partial charge in [0.15, 0.2) is 0 Å². The molecule has 154 valence electrons. The van der Waals surface area contributed by atoms with Gasteiger partial charge in [0.05, 0.1) is 5.92 Å². The molecule has 8 heteroatoms. The van der Waals surface area contributed by atoms with Crippen molar-refractivity contribution >= 4 is 17.5 Å². The first kappa shape index (κ1) is 20.5. The highest BCUT2D eigenvalue weighted by atomic mass is 19.3. The average Bonchev–Trinajstić information content (AvgIpc) is 2.63. The predicted molar refractivity (Wildman–Crippen MR) is 101 cm³/mol. The van der Waals surface area contributed by atoms with Gasteiger partial charge in [0.1, 0.15) is 11.8 Å². The lowest BCUT2D eigenvalue weighted by atomic mass is 9.74. The topological polar surface area (TPSA) is 84.7 Å². The third kappa shape index (κ3) is 4.60. The number of amides is 2. The minimum atomic E-state index is -2.89. The van der Waals surface area contributed by atoms with Crippen LogP contribution in [0.4, 0.5) is 14.5 Å². The molecule has 0 bridgehead atoms. The van der Waals surface area contributed by atoms with Crippen LogP contribution in [-0.4, -0.2) is 36.6 Å². The van der Waals surface area contributed by atoms with Crippen LogP contribution in [0.15, 0.2) is 24.3 Å². The molecule has 3 atom stereocenters. The van der Waals surface area contributed by atoms with E-state index >= 15 is 0 Å². The van der Waals surface area contributed by atoms with Gasteiger partial charge in [0.2, 0.25) is 11.8 Å². The van der Waals surface area contributed by atoms with E-state index in [-0.39, 0.29) is 23.5 Å². The molecule has 1 aromatic rings. The molecule has 28 heavy (non-hydrogen) atoms. The Labute approximate surface area is 163 Å². The van der Waals surface area contributed by atoms with Gasteiger partial charge in [-0.05, 0) is 56.9 Å². The number of halogens is 2. The van der Waals surface area contributed by atoms with Gasteiger partial charge in [-0.2, -0.15) is 8.78 Å². The van der Waals surface area contributed by atoms with Gasteiger partial charge in [0.25, 0.3) is 0 Å². The van der Waals surface area contributed by atoms with Crippen LogP contribution in [0.5, 0.6) is 5.75 Å². The van der Waals surface area contributed by atoms with E-state index in [0.29, 0.717) is 18.7 Å². The molecule has 3 unspecified atom stereocenters. The number of rotatable bonds is 5. The third-order valence-corrected chi connectivity index (χ3v) is 5.70. The van der Waals surface area contributed by atoms with Gasteiger partial charge in [-0.1, -0.05) is 12.8 Å². The number of hydrogen-bond acceptors (Lipinski definition) is 4. The lowest BCUT2D eigenvalue weighted by Crippen LogP contribution is -2.58. The van der Waals surface area contributed by atoms with Gasteiger partial charge in [-0.25, -0.2) is 0 Å². The number of nitrogens with two attached hydrogens (primary N) is 1. The van der Waals surface area contributed by atoms with E-state index in [9.17, 15) is 18.4 Å². The molecule has 1 aliphatic heterocycles. The minimum absolute atomic E-state index is 0.0348. The molecular formula is C20H27F2N3O3. The van der Waals surface area contributed by atoms with Crippen molar-refractivity contribution in [2.45, 2.75) is 63.6 Å². The molecule has 1 saturated carbocycles. The van der Waals surface area contributed by atoms with Crippen molar-refractivity contribution in [3.05, 3.63) is 24.3 Å².